The fraction of sp³-hybridized carbons (Fsp3) is 0.167. The molecule has 0 aliphatic rings. The Bertz CT molecular complexity index is 781. The minimum absolute atomic E-state index is 0.0450. The van der Waals surface area contributed by atoms with Crippen molar-refractivity contribution in [3.63, 3.8) is 0 Å². The largest absolute Gasteiger partial charge is 0.497 e. The molecule has 2 aromatic carbocycles. The molecule has 0 saturated heterocycles. The van der Waals surface area contributed by atoms with Crippen molar-refractivity contribution in [3.8, 4) is 11.8 Å². The summed E-state index contributed by atoms with van der Waals surface area (Å²) in [4.78, 5) is 23.7. The van der Waals surface area contributed by atoms with Crippen LogP contribution in [-0.4, -0.2) is 25.5 Å². The summed E-state index contributed by atoms with van der Waals surface area (Å²) in [7, 11) is 1.51. The Kier molecular flexibility index (Phi) is 5.92. The van der Waals surface area contributed by atoms with E-state index in [1.807, 2.05) is 6.07 Å². The lowest BCUT2D eigenvalue weighted by molar-refractivity contribution is -0.143. The third-order valence-electron chi connectivity index (χ3n) is 3.18. The second kappa shape index (κ2) is 8.34. The quantitative estimate of drug-likeness (QED) is 0.822. The lowest BCUT2D eigenvalue weighted by Crippen LogP contribution is -2.30. The van der Waals surface area contributed by atoms with Crippen molar-refractivity contribution >= 4 is 11.9 Å². The van der Waals surface area contributed by atoms with E-state index in [2.05, 4.69) is 5.32 Å². The highest BCUT2D eigenvalue weighted by Crippen LogP contribution is 2.12. The number of carbonyl (C=O) groups excluding carboxylic acids is 2. The van der Waals surface area contributed by atoms with Gasteiger partial charge in [-0.1, -0.05) is 18.2 Å². The van der Waals surface area contributed by atoms with Crippen molar-refractivity contribution in [2.75, 3.05) is 13.7 Å². The summed E-state index contributed by atoms with van der Waals surface area (Å²) >= 11 is 0. The standard InChI is InChI=1S/C18H16N2O4/c1-23-16-7-3-6-15(9-16)18(22)20-11-17(21)24-12-14-5-2-4-13(8-14)10-19/h2-9H,11-12H2,1H3,(H,20,22). The maximum absolute atomic E-state index is 12.0. The van der Waals surface area contributed by atoms with Gasteiger partial charge in [-0.25, -0.2) is 0 Å². The van der Waals surface area contributed by atoms with Gasteiger partial charge in [-0.05, 0) is 35.9 Å². The van der Waals surface area contributed by atoms with E-state index in [1.54, 1.807) is 48.5 Å². The van der Waals surface area contributed by atoms with Gasteiger partial charge >= 0.3 is 5.97 Å². The van der Waals surface area contributed by atoms with Crippen LogP contribution in [-0.2, 0) is 16.1 Å². The minimum atomic E-state index is -0.561. The Balaban J connectivity index is 1.82. The van der Waals surface area contributed by atoms with E-state index < -0.39 is 11.9 Å². The predicted octanol–water partition coefficient (Wildman–Crippen LogP) is 2.04. The summed E-state index contributed by atoms with van der Waals surface area (Å²) in [6, 6.07) is 15.4. The number of nitrogens with one attached hydrogen (secondary N) is 1. The molecule has 6 nitrogen and oxygen atoms in total. The number of rotatable bonds is 6. The topological polar surface area (TPSA) is 88.4 Å². The number of ether oxygens (including phenoxy) is 2. The fourth-order valence-electron chi connectivity index (χ4n) is 1.96. The highest BCUT2D eigenvalue weighted by Gasteiger charge is 2.10. The molecule has 6 heteroatoms. The number of benzene rings is 2. The van der Waals surface area contributed by atoms with Crippen LogP contribution in [0.25, 0.3) is 0 Å². The number of hydrogen-bond donors (Lipinski definition) is 1. The Morgan fingerprint density at radius 1 is 1.17 bits per heavy atom. The van der Waals surface area contributed by atoms with Crippen LogP contribution in [0.3, 0.4) is 0 Å². The van der Waals surface area contributed by atoms with E-state index in [4.69, 9.17) is 14.7 Å². The van der Waals surface area contributed by atoms with Crippen LogP contribution in [0.4, 0.5) is 0 Å². The number of nitrogens with zero attached hydrogens (tertiary/aromatic N) is 1. The maximum Gasteiger partial charge on any atom is 0.325 e. The molecule has 122 valence electrons. The zero-order valence-corrected chi connectivity index (χ0v) is 13.1. The van der Waals surface area contributed by atoms with Crippen molar-refractivity contribution < 1.29 is 19.1 Å². The number of carbonyl (C=O) groups is 2. The molecule has 24 heavy (non-hydrogen) atoms. The van der Waals surface area contributed by atoms with Gasteiger partial charge in [-0.15, -0.1) is 0 Å². The molecule has 0 aliphatic carbocycles. The van der Waals surface area contributed by atoms with Crippen LogP contribution in [0.1, 0.15) is 21.5 Å². The first-order valence-electron chi connectivity index (χ1n) is 7.19. The third-order valence-corrected chi connectivity index (χ3v) is 3.18. The Morgan fingerprint density at radius 2 is 1.96 bits per heavy atom. The van der Waals surface area contributed by atoms with Crippen LogP contribution >= 0.6 is 0 Å². The van der Waals surface area contributed by atoms with Crippen LogP contribution in [0, 0.1) is 11.3 Å². The predicted molar refractivity (Wildman–Crippen MR) is 86.3 cm³/mol. The molecule has 2 rings (SSSR count). The summed E-state index contributed by atoms with van der Waals surface area (Å²) in [5.41, 5.74) is 1.60. The zero-order chi connectivity index (χ0) is 17.4. The molecular formula is C18H16N2O4. The SMILES string of the molecule is COc1cccc(C(=O)NCC(=O)OCc2cccc(C#N)c2)c1. The smallest absolute Gasteiger partial charge is 0.325 e. The normalized spacial score (nSPS) is 9.67. The molecule has 2 aromatic rings. The van der Waals surface area contributed by atoms with E-state index in [0.29, 0.717) is 22.4 Å². The first-order chi connectivity index (χ1) is 11.6. The van der Waals surface area contributed by atoms with E-state index in [0.717, 1.165) is 0 Å². The van der Waals surface area contributed by atoms with Crippen molar-refractivity contribution in [2.24, 2.45) is 0 Å². The van der Waals surface area contributed by atoms with Crippen molar-refractivity contribution in [1.29, 1.82) is 5.26 Å². The van der Waals surface area contributed by atoms with Crippen molar-refractivity contribution in [2.45, 2.75) is 6.61 Å². The summed E-state index contributed by atoms with van der Waals surface area (Å²) in [6.45, 7) is -0.197. The highest BCUT2D eigenvalue weighted by molar-refractivity contribution is 5.96. The maximum atomic E-state index is 12.0. The van der Waals surface area contributed by atoms with Gasteiger partial charge in [-0.2, -0.15) is 5.26 Å². The Hall–Kier alpha value is -3.33. The van der Waals surface area contributed by atoms with Crippen LogP contribution in [0.15, 0.2) is 48.5 Å². The lowest BCUT2D eigenvalue weighted by Gasteiger charge is -2.08. The Morgan fingerprint density at radius 3 is 2.71 bits per heavy atom. The molecular weight excluding hydrogens is 308 g/mol. The molecule has 0 saturated carbocycles. The summed E-state index contributed by atoms with van der Waals surface area (Å²) in [5.74, 6) is -0.395. The fourth-order valence-corrected chi connectivity index (χ4v) is 1.96. The zero-order valence-electron chi connectivity index (χ0n) is 13.1. The number of methoxy groups -OCH3 is 1. The average molecular weight is 324 g/mol. The Labute approximate surface area is 139 Å². The first kappa shape index (κ1) is 17.0. The second-order valence-electron chi connectivity index (χ2n) is 4.89. The number of esters is 1. The van der Waals surface area contributed by atoms with Crippen LogP contribution < -0.4 is 10.1 Å². The molecule has 1 amide bonds. The van der Waals surface area contributed by atoms with Gasteiger partial charge in [0.1, 0.15) is 18.9 Å². The lowest BCUT2D eigenvalue weighted by atomic mass is 10.1. The molecule has 1 N–H and O–H groups in total. The van der Waals surface area contributed by atoms with Crippen LogP contribution in [0.2, 0.25) is 0 Å². The molecule has 0 heterocycles. The minimum Gasteiger partial charge on any atom is -0.497 e. The monoisotopic (exact) mass is 324 g/mol. The van der Waals surface area contributed by atoms with Gasteiger partial charge in [0, 0.05) is 5.56 Å². The number of nitriles is 1. The number of amides is 1. The van der Waals surface area contributed by atoms with E-state index in [9.17, 15) is 9.59 Å². The number of hydrogen-bond acceptors (Lipinski definition) is 5. The molecule has 0 spiro atoms. The second-order valence-corrected chi connectivity index (χ2v) is 4.89. The molecule has 0 aromatic heterocycles. The van der Waals surface area contributed by atoms with Gasteiger partial charge in [0.25, 0.3) is 5.91 Å². The van der Waals surface area contributed by atoms with E-state index >= 15 is 0 Å². The van der Waals surface area contributed by atoms with E-state index in [1.165, 1.54) is 7.11 Å². The van der Waals surface area contributed by atoms with Crippen LogP contribution in [0.5, 0.6) is 5.75 Å². The van der Waals surface area contributed by atoms with Crippen molar-refractivity contribution in [3.05, 3.63) is 65.2 Å². The first-order valence-corrected chi connectivity index (χ1v) is 7.19. The summed E-state index contributed by atoms with van der Waals surface area (Å²) < 4.78 is 10.1. The molecule has 0 fully saturated rings. The van der Waals surface area contributed by atoms with Gasteiger partial charge in [0.15, 0.2) is 0 Å². The third kappa shape index (κ3) is 4.85. The van der Waals surface area contributed by atoms with E-state index in [-0.39, 0.29) is 13.2 Å². The molecule has 0 atom stereocenters. The molecule has 0 radical (unpaired) electrons. The van der Waals surface area contributed by atoms with Gasteiger partial charge in [-0.3, -0.25) is 9.59 Å². The molecule has 0 bridgehead atoms. The van der Waals surface area contributed by atoms with Crippen molar-refractivity contribution in [1.82, 2.24) is 5.32 Å². The highest BCUT2D eigenvalue weighted by atomic mass is 16.5. The molecule has 0 unspecified atom stereocenters. The summed E-state index contributed by atoms with van der Waals surface area (Å²) in [5, 5.41) is 11.3. The summed E-state index contributed by atoms with van der Waals surface area (Å²) in [6.07, 6.45) is 0. The van der Waals surface area contributed by atoms with Gasteiger partial charge < -0.3 is 14.8 Å². The molecule has 0 aliphatic heterocycles. The van der Waals surface area contributed by atoms with Gasteiger partial charge in [0.05, 0.1) is 18.7 Å². The van der Waals surface area contributed by atoms with Gasteiger partial charge in [0.2, 0.25) is 0 Å². The average Bonchev–Trinajstić information content (AvgIpc) is 2.64.